The highest BCUT2D eigenvalue weighted by atomic mass is 16.5. The quantitative estimate of drug-likeness (QED) is 0.532. The first kappa shape index (κ1) is 14.2. The van der Waals surface area contributed by atoms with Gasteiger partial charge in [-0.2, -0.15) is 0 Å². The molecular formula is C10H17N3O5. The predicted molar refractivity (Wildman–Crippen MR) is 60.8 cm³/mol. The molecule has 0 radical (unpaired) electrons. The highest BCUT2D eigenvalue weighted by molar-refractivity contribution is 5.86. The summed E-state index contributed by atoms with van der Waals surface area (Å²) in [4.78, 5) is 34.5. The van der Waals surface area contributed by atoms with Gasteiger partial charge in [0.1, 0.15) is 6.04 Å². The van der Waals surface area contributed by atoms with Crippen LogP contribution in [0.25, 0.3) is 0 Å². The number of rotatable bonds is 5. The van der Waals surface area contributed by atoms with E-state index in [1.165, 1.54) is 4.90 Å². The first-order chi connectivity index (χ1) is 8.52. The number of nitrogens with zero attached hydrogens (tertiary/aromatic N) is 1. The molecule has 3 amide bonds. The van der Waals surface area contributed by atoms with Crippen molar-refractivity contribution < 1.29 is 24.2 Å². The number of nitrogens with two attached hydrogens (primary N) is 1. The summed E-state index contributed by atoms with van der Waals surface area (Å²) in [6.07, 6.45) is 0.329. The monoisotopic (exact) mass is 259 g/mol. The van der Waals surface area contributed by atoms with Gasteiger partial charge in [-0.25, -0.2) is 4.79 Å². The van der Waals surface area contributed by atoms with Crippen LogP contribution in [0, 0.1) is 0 Å². The van der Waals surface area contributed by atoms with Crippen LogP contribution >= 0.6 is 0 Å². The van der Waals surface area contributed by atoms with E-state index in [9.17, 15) is 14.4 Å². The number of carbonyl (C=O) groups excluding carboxylic acids is 2. The zero-order chi connectivity index (χ0) is 13.5. The number of morpholine rings is 1. The molecule has 102 valence electrons. The second kappa shape index (κ2) is 6.80. The summed E-state index contributed by atoms with van der Waals surface area (Å²) in [6.45, 7) is 0.983. The molecule has 0 aromatic carbocycles. The third-order valence-electron chi connectivity index (χ3n) is 2.56. The molecule has 18 heavy (non-hydrogen) atoms. The number of carbonyl (C=O) groups is 3. The van der Waals surface area contributed by atoms with Crippen LogP contribution in [0.3, 0.4) is 0 Å². The zero-order valence-corrected chi connectivity index (χ0v) is 9.92. The average Bonchev–Trinajstić information content (AvgIpc) is 2.34. The summed E-state index contributed by atoms with van der Waals surface area (Å²) in [5, 5.41) is 11.0. The van der Waals surface area contributed by atoms with E-state index in [-0.39, 0.29) is 19.6 Å². The number of carboxylic acids is 1. The minimum atomic E-state index is -0.911. The van der Waals surface area contributed by atoms with E-state index in [4.69, 9.17) is 15.6 Å². The lowest BCUT2D eigenvalue weighted by Crippen LogP contribution is -2.57. The molecule has 1 aliphatic heterocycles. The maximum atomic E-state index is 11.8. The van der Waals surface area contributed by atoms with E-state index < -0.39 is 23.9 Å². The maximum absolute atomic E-state index is 11.8. The molecule has 1 unspecified atom stereocenters. The number of nitrogens with one attached hydrogen (secondary N) is 1. The Bertz CT molecular complexity index is 333. The summed E-state index contributed by atoms with van der Waals surface area (Å²) >= 11 is 0. The van der Waals surface area contributed by atoms with Gasteiger partial charge in [-0.3, -0.25) is 9.59 Å². The molecule has 1 rings (SSSR count). The third-order valence-corrected chi connectivity index (χ3v) is 2.56. The number of hydrogen-bond donors (Lipinski definition) is 3. The van der Waals surface area contributed by atoms with Crippen molar-refractivity contribution in [1.29, 1.82) is 0 Å². The van der Waals surface area contributed by atoms with Crippen molar-refractivity contribution in [1.82, 2.24) is 10.2 Å². The van der Waals surface area contributed by atoms with Gasteiger partial charge >= 0.3 is 12.0 Å². The molecule has 0 saturated carbocycles. The molecule has 4 N–H and O–H groups in total. The van der Waals surface area contributed by atoms with E-state index in [2.05, 4.69) is 5.32 Å². The second-order valence-electron chi connectivity index (χ2n) is 3.92. The fourth-order valence-electron chi connectivity index (χ4n) is 1.62. The lowest BCUT2D eigenvalue weighted by atomic mass is 10.2. The number of ether oxygens (including phenoxy) is 1. The van der Waals surface area contributed by atoms with Crippen LogP contribution in [0.15, 0.2) is 0 Å². The number of amides is 3. The van der Waals surface area contributed by atoms with E-state index in [1.54, 1.807) is 0 Å². The molecule has 0 bridgehead atoms. The van der Waals surface area contributed by atoms with Crippen molar-refractivity contribution in [2.45, 2.75) is 18.9 Å². The van der Waals surface area contributed by atoms with Crippen LogP contribution in [0.1, 0.15) is 12.8 Å². The van der Waals surface area contributed by atoms with Gasteiger partial charge in [-0.1, -0.05) is 0 Å². The second-order valence-corrected chi connectivity index (χ2v) is 3.92. The van der Waals surface area contributed by atoms with Crippen molar-refractivity contribution in [2.75, 3.05) is 26.3 Å². The van der Waals surface area contributed by atoms with Crippen molar-refractivity contribution in [3.05, 3.63) is 0 Å². The molecule has 0 aromatic heterocycles. The van der Waals surface area contributed by atoms with Gasteiger partial charge in [0.05, 0.1) is 13.2 Å². The van der Waals surface area contributed by atoms with Crippen molar-refractivity contribution >= 4 is 17.9 Å². The first-order valence-electron chi connectivity index (χ1n) is 5.65. The normalized spacial score (nSPS) is 19.3. The molecule has 0 aromatic rings. The van der Waals surface area contributed by atoms with Crippen LogP contribution in [0.2, 0.25) is 0 Å². The fraction of sp³-hybridized carbons (Fsp3) is 0.700. The minimum Gasteiger partial charge on any atom is -0.481 e. The number of primary amides is 1. The van der Waals surface area contributed by atoms with Gasteiger partial charge in [0.15, 0.2) is 0 Å². The summed E-state index contributed by atoms with van der Waals surface area (Å²) < 4.78 is 5.08. The molecule has 1 aliphatic rings. The SMILES string of the molecule is NC(=O)C1COCCN1C(=O)NCCCC(=O)O. The Morgan fingerprint density at radius 3 is 2.78 bits per heavy atom. The van der Waals surface area contributed by atoms with Crippen LogP contribution in [0.5, 0.6) is 0 Å². The van der Waals surface area contributed by atoms with E-state index in [0.29, 0.717) is 19.6 Å². The molecule has 1 heterocycles. The molecule has 1 atom stereocenters. The summed E-state index contributed by atoms with van der Waals surface area (Å²) in [6, 6.07) is -1.19. The number of aliphatic carboxylic acids is 1. The largest absolute Gasteiger partial charge is 0.481 e. The van der Waals surface area contributed by atoms with E-state index in [1.807, 2.05) is 0 Å². The van der Waals surface area contributed by atoms with Crippen LogP contribution < -0.4 is 11.1 Å². The van der Waals surface area contributed by atoms with Gasteiger partial charge in [-0.15, -0.1) is 0 Å². The lowest BCUT2D eigenvalue weighted by Gasteiger charge is -2.33. The number of hydrogen-bond acceptors (Lipinski definition) is 4. The molecule has 0 spiro atoms. The zero-order valence-electron chi connectivity index (χ0n) is 9.92. The first-order valence-corrected chi connectivity index (χ1v) is 5.65. The number of urea groups is 1. The Balaban J connectivity index is 2.38. The smallest absolute Gasteiger partial charge is 0.318 e. The Hall–Kier alpha value is -1.83. The molecule has 0 aliphatic carbocycles. The van der Waals surface area contributed by atoms with Gasteiger partial charge in [0.25, 0.3) is 0 Å². The van der Waals surface area contributed by atoms with Crippen LogP contribution in [0.4, 0.5) is 4.79 Å². The summed E-state index contributed by atoms with van der Waals surface area (Å²) in [5.74, 6) is -1.53. The number of carboxylic acid groups (broad SMARTS) is 1. The maximum Gasteiger partial charge on any atom is 0.318 e. The van der Waals surface area contributed by atoms with Gasteiger partial charge in [-0.05, 0) is 6.42 Å². The van der Waals surface area contributed by atoms with Crippen molar-refractivity contribution in [2.24, 2.45) is 5.73 Å². The van der Waals surface area contributed by atoms with E-state index in [0.717, 1.165) is 0 Å². The Morgan fingerprint density at radius 1 is 1.44 bits per heavy atom. The highest BCUT2D eigenvalue weighted by Crippen LogP contribution is 2.06. The van der Waals surface area contributed by atoms with Crippen LogP contribution in [-0.4, -0.2) is 60.3 Å². The van der Waals surface area contributed by atoms with Gasteiger partial charge < -0.3 is 25.8 Å². The molecule has 1 saturated heterocycles. The minimum absolute atomic E-state index is 0.0113. The lowest BCUT2D eigenvalue weighted by molar-refractivity contribution is -0.137. The van der Waals surface area contributed by atoms with Crippen molar-refractivity contribution in [3.63, 3.8) is 0 Å². The molecule has 8 heteroatoms. The predicted octanol–water partition coefficient (Wildman–Crippen LogP) is -1.25. The Labute approximate surface area is 104 Å². The van der Waals surface area contributed by atoms with E-state index >= 15 is 0 Å². The van der Waals surface area contributed by atoms with Crippen LogP contribution in [-0.2, 0) is 14.3 Å². The van der Waals surface area contributed by atoms with Gasteiger partial charge in [0, 0.05) is 19.5 Å². The fourth-order valence-corrected chi connectivity index (χ4v) is 1.62. The highest BCUT2D eigenvalue weighted by Gasteiger charge is 2.31. The van der Waals surface area contributed by atoms with Crippen molar-refractivity contribution in [3.8, 4) is 0 Å². The summed E-state index contributed by atoms with van der Waals surface area (Å²) in [7, 11) is 0. The average molecular weight is 259 g/mol. The Kier molecular flexibility index (Phi) is 5.37. The standard InChI is InChI=1S/C10H17N3O5/c11-9(16)7-6-18-5-4-13(7)10(17)12-3-1-2-8(14)15/h7H,1-6H2,(H2,11,16)(H,12,17)(H,14,15). The topological polar surface area (TPSA) is 122 Å². The Morgan fingerprint density at radius 2 is 2.17 bits per heavy atom. The molecule has 8 nitrogen and oxygen atoms in total. The van der Waals surface area contributed by atoms with Gasteiger partial charge in [0.2, 0.25) is 5.91 Å². The summed E-state index contributed by atoms with van der Waals surface area (Å²) in [5.41, 5.74) is 5.17. The molecular weight excluding hydrogens is 242 g/mol. The molecule has 1 fully saturated rings. The third kappa shape index (κ3) is 4.21.